The second-order valence-corrected chi connectivity index (χ2v) is 4.31. The molecule has 0 fully saturated rings. The molecule has 17 heavy (non-hydrogen) atoms. The van der Waals surface area contributed by atoms with Crippen LogP contribution in [0.3, 0.4) is 0 Å². The van der Waals surface area contributed by atoms with Crippen LogP contribution in [0.4, 0.5) is 18.9 Å². The van der Waals surface area contributed by atoms with Crippen LogP contribution in [-0.4, -0.2) is 18.3 Å². The van der Waals surface area contributed by atoms with Crippen molar-refractivity contribution < 1.29 is 26.5 Å². The minimum Gasteiger partial charge on any atom is -0.258 e. The van der Waals surface area contributed by atoms with E-state index >= 15 is 0 Å². The lowest BCUT2D eigenvalue weighted by Crippen LogP contribution is -2.16. The molecule has 0 unspecified atom stereocenters. The zero-order valence-electron chi connectivity index (χ0n) is 7.80. The summed E-state index contributed by atoms with van der Waals surface area (Å²) in [6.45, 7) is 0. The van der Waals surface area contributed by atoms with Crippen molar-refractivity contribution in [3.05, 3.63) is 27.8 Å². The highest BCUT2D eigenvalue weighted by Gasteiger charge is 2.29. The van der Waals surface area contributed by atoms with Crippen molar-refractivity contribution in [2.45, 2.75) is 11.3 Å². The first-order valence-electron chi connectivity index (χ1n) is 3.80. The van der Waals surface area contributed by atoms with E-state index in [1.54, 1.807) is 0 Å². The van der Waals surface area contributed by atoms with Gasteiger partial charge < -0.3 is 0 Å². The quantitative estimate of drug-likeness (QED) is 0.493. The number of alkyl halides is 2. The van der Waals surface area contributed by atoms with E-state index in [4.69, 9.17) is 0 Å². The molecule has 2 N–H and O–H groups in total. The summed E-state index contributed by atoms with van der Waals surface area (Å²) in [6.07, 6.45) is -3.42. The molecule has 1 aromatic heterocycles. The maximum atomic E-state index is 13.0. The van der Waals surface area contributed by atoms with Crippen molar-refractivity contribution in [2.24, 2.45) is 5.14 Å². The first-order chi connectivity index (χ1) is 7.64. The van der Waals surface area contributed by atoms with Crippen LogP contribution >= 0.6 is 0 Å². The predicted molar refractivity (Wildman–Crippen MR) is 47.2 cm³/mol. The van der Waals surface area contributed by atoms with E-state index in [-0.39, 0.29) is 6.07 Å². The van der Waals surface area contributed by atoms with E-state index in [2.05, 4.69) is 10.1 Å². The third kappa shape index (κ3) is 2.68. The van der Waals surface area contributed by atoms with E-state index in [1.165, 1.54) is 0 Å². The summed E-state index contributed by atoms with van der Waals surface area (Å²) >= 11 is 0. The number of hydrogen-bond acceptors (Lipinski definition) is 5. The van der Waals surface area contributed by atoms with E-state index in [0.717, 1.165) is 0 Å². The second-order valence-electron chi connectivity index (χ2n) is 2.78. The molecule has 0 saturated carbocycles. The fourth-order valence-electron chi connectivity index (χ4n) is 0.982. The first-order valence-corrected chi connectivity index (χ1v) is 5.35. The molecule has 0 spiro atoms. The Bertz CT molecular complexity index is 574. The number of pyridine rings is 1. The Morgan fingerprint density at radius 1 is 1.47 bits per heavy atom. The maximum absolute atomic E-state index is 13.0. The number of rotatable bonds is 3. The lowest BCUT2D eigenvalue weighted by atomic mass is 10.3. The highest BCUT2D eigenvalue weighted by atomic mass is 32.2. The van der Waals surface area contributed by atoms with Gasteiger partial charge in [0.1, 0.15) is 4.90 Å². The Labute approximate surface area is 92.3 Å². The average Bonchev–Trinajstić information content (AvgIpc) is 2.14. The van der Waals surface area contributed by atoms with Crippen molar-refractivity contribution in [1.82, 2.24) is 4.98 Å². The molecule has 0 aliphatic heterocycles. The van der Waals surface area contributed by atoms with Crippen molar-refractivity contribution in [3.63, 3.8) is 0 Å². The fraction of sp³-hybridized carbons (Fsp3) is 0.167. The molecule has 0 saturated heterocycles. The van der Waals surface area contributed by atoms with Gasteiger partial charge in [0.2, 0.25) is 16.0 Å². The molecule has 0 aromatic carbocycles. The lowest BCUT2D eigenvalue weighted by molar-refractivity contribution is -0.386. The van der Waals surface area contributed by atoms with Gasteiger partial charge in [-0.05, 0) is 0 Å². The maximum Gasteiger partial charge on any atom is 0.298 e. The number of aromatic nitrogens is 1. The van der Waals surface area contributed by atoms with Gasteiger partial charge in [0.25, 0.3) is 12.1 Å². The van der Waals surface area contributed by atoms with Gasteiger partial charge in [-0.3, -0.25) is 10.1 Å². The topological polar surface area (TPSA) is 116 Å². The highest BCUT2D eigenvalue weighted by Crippen LogP contribution is 2.29. The molecular formula is C6H4F3N3O4S. The number of nitrogens with two attached hydrogens (primary N) is 1. The van der Waals surface area contributed by atoms with Crippen LogP contribution in [0.15, 0.2) is 11.0 Å². The largest absolute Gasteiger partial charge is 0.298 e. The number of hydrogen-bond donors (Lipinski definition) is 1. The smallest absolute Gasteiger partial charge is 0.258 e. The average molecular weight is 271 g/mol. The molecule has 1 heterocycles. The highest BCUT2D eigenvalue weighted by molar-refractivity contribution is 7.89. The molecule has 94 valence electrons. The summed E-state index contributed by atoms with van der Waals surface area (Å²) in [5.74, 6) is -1.81. The van der Waals surface area contributed by atoms with Crippen LogP contribution in [-0.2, 0) is 10.0 Å². The summed E-state index contributed by atoms with van der Waals surface area (Å²) in [4.78, 5) is 10.3. The van der Waals surface area contributed by atoms with E-state index < -0.39 is 43.6 Å². The minimum atomic E-state index is -4.62. The summed E-state index contributed by atoms with van der Waals surface area (Å²) in [5, 5.41) is 14.9. The molecule has 0 aliphatic rings. The van der Waals surface area contributed by atoms with Crippen molar-refractivity contribution in [3.8, 4) is 0 Å². The number of nitro groups is 1. The van der Waals surface area contributed by atoms with Gasteiger partial charge in [-0.15, -0.1) is 0 Å². The number of sulfonamides is 1. The van der Waals surface area contributed by atoms with E-state index in [9.17, 15) is 31.7 Å². The lowest BCUT2D eigenvalue weighted by Gasteiger charge is -2.04. The van der Waals surface area contributed by atoms with E-state index in [0.29, 0.717) is 0 Å². The van der Waals surface area contributed by atoms with Gasteiger partial charge in [0, 0.05) is 6.07 Å². The fourth-order valence-corrected chi connectivity index (χ4v) is 1.54. The summed E-state index contributed by atoms with van der Waals surface area (Å²) in [5.41, 5.74) is -2.77. The van der Waals surface area contributed by atoms with Gasteiger partial charge in [0.15, 0.2) is 5.69 Å². The normalized spacial score (nSPS) is 11.8. The molecule has 0 aliphatic carbocycles. The Kier molecular flexibility index (Phi) is 3.33. The molecule has 0 radical (unpaired) electrons. The van der Waals surface area contributed by atoms with Crippen LogP contribution in [0, 0.1) is 16.1 Å². The number of halogens is 3. The Morgan fingerprint density at radius 2 is 2.00 bits per heavy atom. The standard InChI is InChI=1S/C6H4F3N3O4S/c7-5(8)4-2(12(13)14)1-3(6(9)11-4)17(10,15)16/h1,5H,(H2,10,15,16). The van der Waals surface area contributed by atoms with E-state index in [1.807, 2.05) is 0 Å². The van der Waals surface area contributed by atoms with Crippen LogP contribution in [0.25, 0.3) is 0 Å². The van der Waals surface area contributed by atoms with Crippen LogP contribution in [0.5, 0.6) is 0 Å². The van der Waals surface area contributed by atoms with Gasteiger partial charge in [0.05, 0.1) is 4.92 Å². The Hall–Kier alpha value is -1.75. The second kappa shape index (κ2) is 4.25. The van der Waals surface area contributed by atoms with Gasteiger partial charge in [-0.25, -0.2) is 27.3 Å². The number of primary sulfonamides is 1. The Balaban J connectivity index is 3.63. The minimum absolute atomic E-state index is 0.110. The van der Waals surface area contributed by atoms with Crippen molar-refractivity contribution >= 4 is 15.7 Å². The van der Waals surface area contributed by atoms with Crippen molar-refractivity contribution in [1.29, 1.82) is 0 Å². The molecular weight excluding hydrogens is 267 g/mol. The monoisotopic (exact) mass is 271 g/mol. The molecule has 0 atom stereocenters. The first kappa shape index (κ1) is 13.3. The van der Waals surface area contributed by atoms with Gasteiger partial charge >= 0.3 is 0 Å². The molecule has 1 aromatic rings. The zero-order chi connectivity index (χ0) is 13.4. The van der Waals surface area contributed by atoms with Crippen molar-refractivity contribution in [2.75, 3.05) is 0 Å². The van der Waals surface area contributed by atoms with Gasteiger partial charge in [-0.1, -0.05) is 0 Å². The SMILES string of the molecule is NS(=O)(=O)c1cc([N+](=O)[O-])c(C(F)F)nc1F. The summed E-state index contributed by atoms with van der Waals surface area (Å²) in [7, 11) is -4.62. The van der Waals surface area contributed by atoms with Crippen LogP contribution in [0.2, 0.25) is 0 Å². The molecule has 1 rings (SSSR count). The molecule has 7 nitrogen and oxygen atoms in total. The third-order valence-corrected chi connectivity index (χ3v) is 2.56. The molecule has 0 amide bonds. The zero-order valence-corrected chi connectivity index (χ0v) is 8.62. The molecule has 0 bridgehead atoms. The Morgan fingerprint density at radius 3 is 2.35 bits per heavy atom. The van der Waals surface area contributed by atoms with Crippen LogP contribution in [0.1, 0.15) is 12.1 Å². The molecule has 11 heteroatoms. The summed E-state index contributed by atoms with van der Waals surface area (Å²) < 4.78 is 59.2. The van der Waals surface area contributed by atoms with Gasteiger partial charge in [-0.2, -0.15) is 4.39 Å². The predicted octanol–water partition coefficient (Wildman–Crippen LogP) is 0.714. The third-order valence-electron chi connectivity index (χ3n) is 1.66. The van der Waals surface area contributed by atoms with Crippen LogP contribution < -0.4 is 5.14 Å². The number of nitrogens with zero attached hydrogens (tertiary/aromatic N) is 2. The summed E-state index contributed by atoms with van der Waals surface area (Å²) in [6, 6.07) is 0.110.